The van der Waals surface area contributed by atoms with Crippen molar-refractivity contribution >= 4 is 5.97 Å². The van der Waals surface area contributed by atoms with Gasteiger partial charge in [0.05, 0.1) is 5.57 Å². The summed E-state index contributed by atoms with van der Waals surface area (Å²) >= 11 is 0. The average molecular weight is 302 g/mol. The van der Waals surface area contributed by atoms with Gasteiger partial charge < -0.3 is 4.74 Å². The smallest absolute Gasteiger partial charge is 0.335 e. The van der Waals surface area contributed by atoms with E-state index < -0.39 is 0 Å². The lowest BCUT2D eigenvalue weighted by atomic mass is 9.74. The topological polar surface area (TPSA) is 26.3 Å². The standard InChI is InChI=1S/C21H18O2/c22-21-20-17(12-23-21)10-16-9-14-7-4-8-15(14)11-18(16)19(20)13-5-2-1-3-6-13/h1-3,5-6,9,11,19H,4,7-8,10,12H2. The molecule has 0 fully saturated rings. The highest BCUT2D eigenvalue weighted by Gasteiger charge is 2.38. The lowest BCUT2D eigenvalue weighted by Crippen LogP contribution is -2.18. The van der Waals surface area contributed by atoms with Crippen LogP contribution in [0.3, 0.4) is 0 Å². The van der Waals surface area contributed by atoms with Crippen molar-refractivity contribution < 1.29 is 9.53 Å². The Morgan fingerprint density at radius 1 is 0.957 bits per heavy atom. The minimum absolute atomic E-state index is 0.0378. The minimum Gasteiger partial charge on any atom is -0.458 e. The first kappa shape index (κ1) is 13.1. The van der Waals surface area contributed by atoms with Gasteiger partial charge in [0.25, 0.3) is 0 Å². The molecule has 1 atom stereocenters. The molecular weight excluding hydrogens is 284 g/mol. The molecule has 2 heteroatoms. The number of fused-ring (bicyclic) bond motifs is 2. The van der Waals surface area contributed by atoms with E-state index in [4.69, 9.17) is 4.74 Å². The Hall–Kier alpha value is -2.35. The summed E-state index contributed by atoms with van der Waals surface area (Å²) in [4.78, 5) is 12.4. The summed E-state index contributed by atoms with van der Waals surface area (Å²) in [5, 5.41) is 0. The highest BCUT2D eigenvalue weighted by atomic mass is 16.5. The molecule has 0 radical (unpaired) electrons. The van der Waals surface area contributed by atoms with Crippen molar-refractivity contribution in [3.8, 4) is 0 Å². The van der Waals surface area contributed by atoms with Crippen molar-refractivity contribution in [2.45, 2.75) is 31.6 Å². The summed E-state index contributed by atoms with van der Waals surface area (Å²) in [5.74, 6) is -0.0872. The second-order valence-electron chi connectivity index (χ2n) is 6.79. The van der Waals surface area contributed by atoms with Crippen molar-refractivity contribution in [3.63, 3.8) is 0 Å². The number of carbonyl (C=O) groups excluding carboxylic acids is 1. The maximum absolute atomic E-state index is 12.4. The van der Waals surface area contributed by atoms with Gasteiger partial charge in [-0.05, 0) is 59.1 Å². The maximum atomic E-state index is 12.4. The van der Waals surface area contributed by atoms with E-state index in [1.165, 1.54) is 52.7 Å². The number of carbonyl (C=O) groups is 1. The molecule has 3 aliphatic rings. The minimum atomic E-state index is -0.125. The van der Waals surface area contributed by atoms with Gasteiger partial charge in [0.15, 0.2) is 0 Å². The van der Waals surface area contributed by atoms with Gasteiger partial charge in [-0.1, -0.05) is 42.5 Å². The Morgan fingerprint density at radius 3 is 2.57 bits per heavy atom. The van der Waals surface area contributed by atoms with Crippen LogP contribution in [-0.4, -0.2) is 12.6 Å². The van der Waals surface area contributed by atoms with E-state index in [2.05, 4.69) is 36.4 Å². The lowest BCUT2D eigenvalue weighted by molar-refractivity contribution is -0.136. The van der Waals surface area contributed by atoms with Crippen LogP contribution in [0.2, 0.25) is 0 Å². The quantitative estimate of drug-likeness (QED) is 0.751. The summed E-state index contributed by atoms with van der Waals surface area (Å²) < 4.78 is 5.37. The van der Waals surface area contributed by atoms with Gasteiger partial charge in [-0.25, -0.2) is 4.79 Å². The van der Waals surface area contributed by atoms with Gasteiger partial charge in [-0.15, -0.1) is 0 Å². The van der Waals surface area contributed by atoms with Crippen molar-refractivity contribution in [3.05, 3.63) is 81.4 Å². The molecule has 0 saturated heterocycles. The van der Waals surface area contributed by atoms with E-state index >= 15 is 0 Å². The van der Waals surface area contributed by atoms with Crippen LogP contribution in [0.4, 0.5) is 0 Å². The van der Waals surface area contributed by atoms with Crippen molar-refractivity contribution in [2.75, 3.05) is 6.61 Å². The molecule has 0 bridgehead atoms. The van der Waals surface area contributed by atoms with Crippen molar-refractivity contribution in [1.29, 1.82) is 0 Å². The fourth-order valence-corrected chi connectivity index (χ4v) is 4.41. The summed E-state index contributed by atoms with van der Waals surface area (Å²) in [6.45, 7) is 0.466. The summed E-state index contributed by atoms with van der Waals surface area (Å²) in [6.07, 6.45) is 4.48. The zero-order valence-electron chi connectivity index (χ0n) is 13.0. The van der Waals surface area contributed by atoms with Gasteiger partial charge in [0, 0.05) is 5.92 Å². The number of benzene rings is 2. The predicted octanol–water partition coefficient (Wildman–Crippen LogP) is 3.72. The first-order chi connectivity index (χ1) is 11.3. The fourth-order valence-electron chi connectivity index (χ4n) is 4.41. The number of cyclic esters (lactones) is 1. The largest absolute Gasteiger partial charge is 0.458 e. The van der Waals surface area contributed by atoms with Gasteiger partial charge in [0.1, 0.15) is 6.61 Å². The van der Waals surface area contributed by atoms with Gasteiger partial charge in [-0.3, -0.25) is 0 Å². The monoisotopic (exact) mass is 302 g/mol. The van der Waals surface area contributed by atoms with Crippen LogP contribution in [0.25, 0.3) is 0 Å². The molecule has 5 rings (SSSR count). The summed E-state index contributed by atoms with van der Waals surface area (Å²) in [7, 11) is 0. The zero-order valence-corrected chi connectivity index (χ0v) is 13.0. The molecular formula is C21H18O2. The Kier molecular flexibility index (Phi) is 2.75. The molecule has 2 nitrogen and oxygen atoms in total. The number of aryl methyl sites for hydroxylation is 2. The molecule has 2 aromatic carbocycles. The first-order valence-corrected chi connectivity index (χ1v) is 8.40. The normalized spacial score (nSPS) is 21.7. The van der Waals surface area contributed by atoms with Crippen molar-refractivity contribution in [1.82, 2.24) is 0 Å². The molecule has 1 heterocycles. The summed E-state index contributed by atoms with van der Waals surface area (Å²) in [6, 6.07) is 15.1. The third-order valence-corrected chi connectivity index (χ3v) is 5.47. The predicted molar refractivity (Wildman–Crippen MR) is 88.4 cm³/mol. The number of hydrogen-bond donors (Lipinski definition) is 0. The molecule has 114 valence electrons. The van der Waals surface area contributed by atoms with E-state index in [0.29, 0.717) is 6.61 Å². The van der Waals surface area contributed by atoms with Gasteiger partial charge in [-0.2, -0.15) is 0 Å². The Balaban J connectivity index is 1.75. The lowest BCUT2D eigenvalue weighted by Gasteiger charge is -2.27. The van der Waals surface area contributed by atoms with E-state index in [0.717, 1.165) is 12.0 Å². The molecule has 2 aromatic rings. The Morgan fingerprint density at radius 2 is 1.74 bits per heavy atom. The van der Waals surface area contributed by atoms with E-state index in [1.807, 2.05) is 6.07 Å². The third-order valence-electron chi connectivity index (χ3n) is 5.47. The summed E-state index contributed by atoms with van der Waals surface area (Å²) in [5.41, 5.74) is 8.93. The molecule has 2 aliphatic carbocycles. The number of rotatable bonds is 1. The molecule has 0 saturated carbocycles. The first-order valence-electron chi connectivity index (χ1n) is 8.40. The van der Waals surface area contributed by atoms with Crippen LogP contribution in [0, 0.1) is 0 Å². The van der Waals surface area contributed by atoms with Crippen LogP contribution in [0.15, 0.2) is 53.6 Å². The molecule has 0 spiro atoms. The second kappa shape index (κ2) is 4.82. The van der Waals surface area contributed by atoms with E-state index in [1.54, 1.807) is 0 Å². The van der Waals surface area contributed by atoms with Crippen LogP contribution < -0.4 is 0 Å². The SMILES string of the molecule is O=C1OCC2=C1C(c1ccccc1)c1cc3c(cc1C2)CCC3. The molecule has 0 N–H and O–H groups in total. The van der Waals surface area contributed by atoms with Crippen LogP contribution in [0.1, 0.15) is 40.2 Å². The molecule has 0 aromatic heterocycles. The second-order valence-corrected chi connectivity index (χ2v) is 6.79. The van der Waals surface area contributed by atoms with Crippen LogP contribution in [0.5, 0.6) is 0 Å². The fraction of sp³-hybridized carbons (Fsp3) is 0.286. The Bertz CT molecular complexity index is 846. The third kappa shape index (κ3) is 1.91. The van der Waals surface area contributed by atoms with E-state index in [9.17, 15) is 4.79 Å². The average Bonchev–Trinajstić information content (AvgIpc) is 3.18. The van der Waals surface area contributed by atoms with Gasteiger partial charge >= 0.3 is 5.97 Å². The van der Waals surface area contributed by atoms with Gasteiger partial charge in [0.2, 0.25) is 0 Å². The van der Waals surface area contributed by atoms with Crippen LogP contribution in [-0.2, 0) is 28.8 Å². The zero-order chi connectivity index (χ0) is 15.4. The number of hydrogen-bond acceptors (Lipinski definition) is 2. The van der Waals surface area contributed by atoms with Crippen molar-refractivity contribution in [2.24, 2.45) is 0 Å². The Labute approximate surface area is 135 Å². The molecule has 1 aliphatic heterocycles. The molecule has 1 unspecified atom stereocenters. The van der Waals surface area contributed by atoms with Crippen LogP contribution >= 0.6 is 0 Å². The van der Waals surface area contributed by atoms with E-state index in [-0.39, 0.29) is 11.9 Å². The molecule has 0 amide bonds. The maximum Gasteiger partial charge on any atom is 0.335 e. The highest BCUT2D eigenvalue weighted by molar-refractivity contribution is 5.95. The number of ether oxygens (including phenoxy) is 1. The molecule has 23 heavy (non-hydrogen) atoms. The number of esters is 1. The highest BCUT2D eigenvalue weighted by Crippen LogP contribution is 2.45.